The highest BCUT2D eigenvalue weighted by Gasteiger charge is 2.29. The van der Waals surface area contributed by atoms with Crippen molar-refractivity contribution in [3.8, 4) is 11.5 Å². The number of aromatic nitrogens is 4. The second-order valence-corrected chi connectivity index (χ2v) is 6.03. The molecule has 3 rings (SSSR count). The van der Waals surface area contributed by atoms with E-state index < -0.39 is 49.4 Å². The van der Waals surface area contributed by atoms with Gasteiger partial charge in [-0.25, -0.2) is 18.7 Å². The zero-order valence-corrected chi connectivity index (χ0v) is 15.2. The molecule has 3 aromatic rings. The van der Waals surface area contributed by atoms with E-state index in [2.05, 4.69) is 30.2 Å². The highest BCUT2D eigenvalue weighted by atomic mass is 19.4. The van der Waals surface area contributed by atoms with Crippen LogP contribution in [-0.2, 0) is 4.74 Å². The van der Waals surface area contributed by atoms with Gasteiger partial charge in [0.15, 0.2) is 0 Å². The van der Waals surface area contributed by atoms with Gasteiger partial charge in [-0.2, -0.15) is 22.0 Å². The maximum absolute atomic E-state index is 14.1. The molecule has 7 nitrogen and oxygen atoms in total. The van der Waals surface area contributed by atoms with Gasteiger partial charge in [0.25, 0.3) is 11.8 Å². The molecule has 31 heavy (non-hydrogen) atoms. The van der Waals surface area contributed by atoms with Gasteiger partial charge in [-0.1, -0.05) is 6.07 Å². The largest absolute Gasteiger partial charge is 0.415 e. The van der Waals surface area contributed by atoms with Gasteiger partial charge >= 0.3 is 12.6 Å². The van der Waals surface area contributed by atoms with Crippen LogP contribution in [0.15, 0.2) is 35.0 Å². The average Bonchev–Trinajstić information content (AvgIpc) is 3.17. The van der Waals surface area contributed by atoms with Gasteiger partial charge in [-0.15, -0.1) is 10.2 Å². The van der Waals surface area contributed by atoms with Crippen molar-refractivity contribution in [2.24, 2.45) is 0 Å². The van der Waals surface area contributed by atoms with E-state index in [9.17, 15) is 30.7 Å². The van der Waals surface area contributed by atoms with Gasteiger partial charge in [-0.05, 0) is 6.07 Å². The van der Waals surface area contributed by atoms with E-state index in [0.717, 1.165) is 24.5 Å². The normalized spacial score (nSPS) is 12.9. The fourth-order valence-electron chi connectivity index (χ4n) is 2.39. The summed E-state index contributed by atoms with van der Waals surface area (Å²) in [6.07, 6.45) is -5.34. The van der Waals surface area contributed by atoms with E-state index >= 15 is 0 Å². The summed E-state index contributed by atoms with van der Waals surface area (Å²) in [7, 11) is 0. The Hall–Kier alpha value is -3.29. The molecule has 0 spiro atoms. The summed E-state index contributed by atoms with van der Waals surface area (Å²) in [6.45, 7) is -2.23. The molecule has 1 N–H and O–H groups in total. The highest BCUT2D eigenvalue weighted by Crippen LogP contribution is 2.25. The summed E-state index contributed by atoms with van der Waals surface area (Å²) in [5, 5.41) is 9.16. The lowest BCUT2D eigenvalue weighted by Gasteiger charge is -2.20. The zero-order chi connectivity index (χ0) is 22.6. The third-order valence-corrected chi connectivity index (χ3v) is 3.72. The van der Waals surface area contributed by atoms with E-state index in [0.29, 0.717) is 6.07 Å². The van der Waals surface area contributed by atoms with Gasteiger partial charge < -0.3 is 14.5 Å². The molecule has 0 aliphatic carbocycles. The number of hydrogen-bond acceptors (Lipinski definition) is 7. The summed E-state index contributed by atoms with van der Waals surface area (Å²) in [5.41, 5.74) is -0.0995. The molecule has 1 atom stereocenters. The first kappa shape index (κ1) is 22.4. The van der Waals surface area contributed by atoms with E-state index in [-0.39, 0.29) is 23.0 Å². The third-order valence-electron chi connectivity index (χ3n) is 3.72. The van der Waals surface area contributed by atoms with E-state index in [1.807, 2.05) is 0 Å². The Morgan fingerprint density at radius 2 is 1.77 bits per heavy atom. The quantitative estimate of drug-likeness (QED) is 0.506. The monoisotopic (exact) mass is 451 g/mol. The van der Waals surface area contributed by atoms with Crippen LogP contribution in [0.3, 0.4) is 0 Å². The van der Waals surface area contributed by atoms with Crippen LogP contribution in [0.4, 0.5) is 36.7 Å². The van der Waals surface area contributed by atoms with Crippen LogP contribution >= 0.6 is 0 Å². The van der Waals surface area contributed by atoms with Crippen LogP contribution in [0.25, 0.3) is 11.5 Å². The maximum atomic E-state index is 14.1. The number of benzene rings is 1. The smallest absolute Gasteiger partial charge is 0.411 e. The van der Waals surface area contributed by atoms with Gasteiger partial charge in [0, 0.05) is 24.0 Å². The van der Waals surface area contributed by atoms with Gasteiger partial charge in [0.2, 0.25) is 5.95 Å². The molecule has 0 unspecified atom stereocenters. The molecule has 0 aliphatic heterocycles. The van der Waals surface area contributed by atoms with Gasteiger partial charge in [0.1, 0.15) is 18.2 Å². The first-order valence-electron chi connectivity index (χ1n) is 8.42. The van der Waals surface area contributed by atoms with Crippen molar-refractivity contribution in [3.05, 3.63) is 53.7 Å². The average molecular weight is 451 g/mol. The summed E-state index contributed by atoms with van der Waals surface area (Å²) >= 11 is 0. The molecule has 2 heterocycles. The molecule has 2 aromatic heterocycles. The summed E-state index contributed by atoms with van der Waals surface area (Å²) in [5.74, 6) is -3.24. The number of nitrogens with one attached hydrogen (secondary N) is 1. The van der Waals surface area contributed by atoms with Crippen LogP contribution in [0.2, 0.25) is 0 Å². The standard InChI is InChI=1S/C17H12F7N5O2/c18-9-1-2-10(11(19)3-9)12(6-30-7-17(22,23)24)27-16-25-4-8(5-26-16)14-28-29-15(31-14)13(20)21/h1-5,12-13H,6-7H2,(H,25,26,27)/t12-/m1/s1. The molecule has 0 saturated heterocycles. The lowest BCUT2D eigenvalue weighted by Crippen LogP contribution is -2.24. The first-order valence-corrected chi connectivity index (χ1v) is 8.42. The van der Waals surface area contributed by atoms with Gasteiger partial charge in [-0.3, -0.25) is 0 Å². The number of halogens is 7. The van der Waals surface area contributed by atoms with Crippen molar-refractivity contribution in [2.75, 3.05) is 18.5 Å². The Labute approximate surface area is 169 Å². The van der Waals surface area contributed by atoms with Crippen LogP contribution in [0.5, 0.6) is 0 Å². The lowest BCUT2D eigenvalue weighted by atomic mass is 10.1. The van der Waals surface area contributed by atoms with E-state index in [1.165, 1.54) is 0 Å². The molecular weight excluding hydrogens is 439 g/mol. The number of ether oxygens (including phenoxy) is 1. The second-order valence-electron chi connectivity index (χ2n) is 6.03. The fourth-order valence-corrected chi connectivity index (χ4v) is 2.39. The van der Waals surface area contributed by atoms with E-state index in [4.69, 9.17) is 4.42 Å². The minimum absolute atomic E-state index is 0.0859. The predicted molar refractivity (Wildman–Crippen MR) is 89.9 cm³/mol. The first-order chi connectivity index (χ1) is 14.6. The Bertz CT molecular complexity index is 1010. The minimum Gasteiger partial charge on any atom is -0.415 e. The molecule has 166 valence electrons. The van der Waals surface area contributed by atoms with Crippen molar-refractivity contribution in [2.45, 2.75) is 18.6 Å². The number of hydrogen-bond donors (Lipinski definition) is 1. The Morgan fingerprint density at radius 1 is 1.06 bits per heavy atom. The van der Waals surface area contributed by atoms with Crippen molar-refractivity contribution in [3.63, 3.8) is 0 Å². The maximum Gasteiger partial charge on any atom is 0.411 e. The van der Waals surface area contributed by atoms with Crippen LogP contribution < -0.4 is 5.32 Å². The van der Waals surface area contributed by atoms with Crippen molar-refractivity contribution in [1.29, 1.82) is 0 Å². The number of anilines is 1. The summed E-state index contributed by atoms with van der Waals surface area (Å²) in [4.78, 5) is 7.73. The molecule has 0 bridgehead atoms. The molecule has 0 aliphatic rings. The van der Waals surface area contributed by atoms with Crippen molar-refractivity contribution < 1.29 is 39.9 Å². The van der Waals surface area contributed by atoms with Crippen molar-refractivity contribution >= 4 is 5.95 Å². The fraction of sp³-hybridized carbons (Fsp3) is 0.294. The lowest BCUT2D eigenvalue weighted by molar-refractivity contribution is -0.174. The number of nitrogens with zero attached hydrogens (tertiary/aromatic N) is 4. The Kier molecular flexibility index (Phi) is 6.68. The second kappa shape index (κ2) is 9.24. The molecule has 14 heteroatoms. The molecule has 1 aromatic carbocycles. The van der Waals surface area contributed by atoms with Crippen LogP contribution in [-0.4, -0.2) is 39.6 Å². The Balaban J connectivity index is 1.77. The van der Waals surface area contributed by atoms with Crippen molar-refractivity contribution in [1.82, 2.24) is 20.2 Å². The topological polar surface area (TPSA) is 86.0 Å². The molecular formula is C17H12F7N5O2. The summed E-state index contributed by atoms with van der Waals surface area (Å²) in [6, 6.07) is 1.32. The number of alkyl halides is 5. The van der Waals surface area contributed by atoms with E-state index in [1.54, 1.807) is 0 Å². The number of rotatable bonds is 8. The molecule has 0 radical (unpaired) electrons. The highest BCUT2D eigenvalue weighted by molar-refractivity contribution is 5.50. The SMILES string of the molecule is Fc1ccc([C@@H](COCC(F)(F)F)Nc2ncc(-c3nnc(C(F)F)o3)cn2)c(F)c1. The Morgan fingerprint density at radius 3 is 2.35 bits per heavy atom. The minimum atomic E-state index is -4.61. The zero-order valence-electron chi connectivity index (χ0n) is 15.2. The molecule has 0 amide bonds. The van der Waals surface area contributed by atoms with Crippen LogP contribution in [0.1, 0.15) is 23.9 Å². The third kappa shape index (κ3) is 6.10. The van der Waals surface area contributed by atoms with Crippen LogP contribution in [0, 0.1) is 11.6 Å². The van der Waals surface area contributed by atoms with Gasteiger partial charge in [0.05, 0.1) is 18.2 Å². The summed E-state index contributed by atoms with van der Waals surface area (Å²) < 4.78 is 98.8. The molecule has 0 saturated carbocycles. The predicted octanol–water partition coefficient (Wildman–Crippen LogP) is 4.47. The molecule has 0 fully saturated rings.